The quantitative estimate of drug-likeness (QED) is 0.697. The number of alkyl halides is 2. The van der Waals surface area contributed by atoms with Gasteiger partial charge in [-0.05, 0) is 0 Å². The lowest BCUT2D eigenvalue weighted by molar-refractivity contribution is 0.0844. The van der Waals surface area contributed by atoms with Crippen molar-refractivity contribution in [1.82, 2.24) is 4.90 Å². The van der Waals surface area contributed by atoms with Gasteiger partial charge in [-0.15, -0.1) is 0 Å². The first kappa shape index (κ1) is 11.8. The van der Waals surface area contributed by atoms with E-state index in [1.807, 2.05) is 0 Å². The summed E-state index contributed by atoms with van der Waals surface area (Å²) in [4.78, 5) is 1.42. The van der Waals surface area contributed by atoms with Crippen LogP contribution in [-0.2, 0) is 0 Å². The van der Waals surface area contributed by atoms with Crippen molar-refractivity contribution < 1.29 is 13.9 Å². The fourth-order valence-electron chi connectivity index (χ4n) is 0.783. The van der Waals surface area contributed by atoms with Gasteiger partial charge in [0, 0.05) is 18.6 Å². The van der Waals surface area contributed by atoms with E-state index < -0.39 is 6.43 Å². The highest BCUT2D eigenvalue weighted by atomic mass is 35.5. The molecule has 0 radical (unpaired) electrons. The van der Waals surface area contributed by atoms with Crippen LogP contribution in [0.4, 0.5) is 8.78 Å². The fourth-order valence-corrected chi connectivity index (χ4v) is 0.862. The fraction of sp³-hybridized carbons (Fsp3) is 0.714. The Bertz CT molecular complexity index is 133. The topological polar surface area (TPSA) is 23.5 Å². The second kappa shape index (κ2) is 7.46. The largest absolute Gasteiger partial charge is 0.395 e. The van der Waals surface area contributed by atoms with E-state index in [-0.39, 0.29) is 19.7 Å². The zero-order chi connectivity index (χ0) is 9.40. The van der Waals surface area contributed by atoms with E-state index in [2.05, 4.69) is 0 Å². The standard InChI is InChI=1S/C7H12ClF2NO/c8-2-1-3-11(4-5-12)6-7(9)10/h1-2,7,12H,3-6H2/b2-1+. The number of halogens is 3. The molecule has 0 aromatic carbocycles. The van der Waals surface area contributed by atoms with Gasteiger partial charge >= 0.3 is 0 Å². The van der Waals surface area contributed by atoms with Crippen molar-refractivity contribution in [3.8, 4) is 0 Å². The third kappa shape index (κ3) is 6.52. The molecule has 0 saturated carbocycles. The highest BCUT2D eigenvalue weighted by Gasteiger charge is 2.09. The molecule has 2 nitrogen and oxygen atoms in total. The second-order valence-corrected chi connectivity index (χ2v) is 2.49. The molecule has 5 heteroatoms. The van der Waals surface area contributed by atoms with E-state index in [1.54, 1.807) is 6.08 Å². The average molecular weight is 200 g/mol. The number of aliphatic hydroxyl groups is 1. The van der Waals surface area contributed by atoms with Gasteiger partial charge < -0.3 is 5.11 Å². The molecule has 0 aromatic rings. The maximum Gasteiger partial charge on any atom is 0.251 e. The molecule has 12 heavy (non-hydrogen) atoms. The van der Waals surface area contributed by atoms with Crippen molar-refractivity contribution in [2.75, 3.05) is 26.2 Å². The van der Waals surface area contributed by atoms with E-state index in [9.17, 15) is 8.78 Å². The summed E-state index contributed by atoms with van der Waals surface area (Å²) in [6.45, 7) is 0.130. The van der Waals surface area contributed by atoms with Crippen LogP contribution in [0, 0.1) is 0 Å². The summed E-state index contributed by atoms with van der Waals surface area (Å²) in [7, 11) is 0. The van der Waals surface area contributed by atoms with Gasteiger partial charge in [-0.1, -0.05) is 17.7 Å². The highest BCUT2D eigenvalue weighted by molar-refractivity contribution is 6.25. The van der Waals surface area contributed by atoms with Crippen LogP contribution < -0.4 is 0 Å². The van der Waals surface area contributed by atoms with Crippen LogP contribution in [-0.4, -0.2) is 42.7 Å². The molecule has 0 unspecified atom stereocenters. The molecule has 0 fully saturated rings. The zero-order valence-corrected chi connectivity index (χ0v) is 7.34. The molecule has 72 valence electrons. The van der Waals surface area contributed by atoms with Gasteiger partial charge in [-0.2, -0.15) is 0 Å². The Kier molecular flexibility index (Phi) is 7.34. The number of hydrogen-bond donors (Lipinski definition) is 1. The van der Waals surface area contributed by atoms with E-state index in [1.165, 1.54) is 10.4 Å². The lowest BCUT2D eigenvalue weighted by atomic mass is 10.4. The van der Waals surface area contributed by atoms with Crippen molar-refractivity contribution >= 4 is 11.6 Å². The Morgan fingerprint density at radius 2 is 2.17 bits per heavy atom. The van der Waals surface area contributed by atoms with Crippen molar-refractivity contribution in [1.29, 1.82) is 0 Å². The lowest BCUT2D eigenvalue weighted by Gasteiger charge is -2.18. The molecule has 0 amide bonds. The Balaban J connectivity index is 3.69. The summed E-state index contributed by atoms with van der Waals surface area (Å²) in [5.41, 5.74) is 1.27. The summed E-state index contributed by atoms with van der Waals surface area (Å²) in [6.07, 6.45) is -0.820. The zero-order valence-electron chi connectivity index (χ0n) is 6.59. The summed E-state index contributed by atoms with van der Waals surface area (Å²) < 4.78 is 23.7. The predicted octanol–water partition coefficient (Wildman–Crippen LogP) is 1.30. The third-order valence-corrected chi connectivity index (χ3v) is 1.44. The third-order valence-electron chi connectivity index (χ3n) is 1.27. The Hall–Kier alpha value is -0.190. The molecule has 0 saturated heterocycles. The first-order valence-corrected chi connectivity index (χ1v) is 4.01. The van der Waals surface area contributed by atoms with E-state index in [0.717, 1.165) is 0 Å². The lowest BCUT2D eigenvalue weighted by Crippen LogP contribution is -2.31. The van der Waals surface area contributed by atoms with Crippen LogP contribution in [0.3, 0.4) is 0 Å². The van der Waals surface area contributed by atoms with Crippen LogP contribution in [0.5, 0.6) is 0 Å². The number of rotatable bonds is 6. The van der Waals surface area contributed by atoms with Crippen LogP contribution in [0.25, 0.3) is 0 Å². The molecule has 0 aliphatic heterocycles. The van der Waals surface area contributed by atoms with Gasteiger partial charge in [0.15, 0.2) is 0 Å². The van der Waals surface area contributed by atoms with Crippen LogP contribution >= 0.6 is 11.6 Å². The molecular weight excluding hydrogens is 188 g/mol. The van der Waals surface area contributed by atoms with Gasteiger partial charge in [0.2, 0.25) is 0 Å². The summed E-state index contributed by atoms with van der Waals surface area (Å²) in [5, 5.41) is 8.51. The normalized spacial score (nSPS) is 12.2. The van der Waals surface area contributed by atoms with Crippen LogP contribution in [0.1, 0.15) is 0 Å². The molecular formula is C7H12ClF2NO. The molecule has 0 rings (SSSR count). The maximum atomic E-state index is 11.9. The SMILES string of the molecule is OCCN(C/C=C/Cl)CC(F)F. The minimum absolute atomic E-state index is 0.122. The van der Waals surface area contributed by atoms with Gasteiger partial charge in [-0.3, -0.25) is 4.90 Å². The minimum Gasteiger partial charge on any atom is -0.395 e. The predicted molar refractivity (Wildman–Crippen MR) is 44.5 cm³/mol. The number of hydrogen-bond acceptors (Lipinski definition) is 2. The van der Waals surface area contributed by atoms with Gasteiger partial charge in [-0.25, -0.2) is 8.78 Å². The molecule has 0 atom stereocenters. The first-order chi connectivity index (χ1) is 5.70. The van der Waals surface area contributed by atoms with E-state index >= 15 is 0 Å². The Morgan fingerprint density at radius 1 is 1.50 bits per heavy atom. The summed E-state index contributed by atoms with van der Waals surface area (Å²) >= 11 is 5.23. The summed E-state index contributed by atoms with van der Waals surface area (Å²) in [5.74, 6) is 0. The van der Waals surface area contributed by atoms with Gasteiger partial charge in [0.25, 0.3) is 6.43 Å². The van der Waals surface area contributed by atoms with E-state index in [4.69, 9.17) is 16.7 Å². The number of aliphatic hydroxyl groups excluding tert-OH is 1. The van der Waals surface area contributed by atoms with E-state index in [0.29, 0.717) is 6.54 Å². The van der Waals surface area contributed by atoms with Crippen molar-refractivity contribution in [2.45, 2.75) is 6.43 Å². The maximum absolute atomic E-state index is 11.9. The number of nitrogens with zero attached hydrogens (tertiary/aromatic N) is 1. The van der Waals surface area contributed by atoms with Crippen molar-refractivity contribution in [2.24, 2.45) is 0 Å². The van der Waals surface area contributed by atoms with Gasteiger partial charge in [0.05, 0.1) is 13.2 Å². The molecule has 0 aromatic heterocycles. The Labute approximate surface area is 75.4 Å². The molecule has 0 heterocycles. The summed E-state index contributed by atoms with van der Waals surface area (Å²) in [6, 6.07) is 0. The molecule has 1 N–H and O–H groups in total. The van der Waals surface area contributed by atoms with Crippen molar-refractivity contribution in [3.05, 3.63) is 11.6 Å². The second-order valence-electron chi connectivity index (χ2n) is 2.24. The van der Waals surface area contributed by atoms with Crippen LogP contribution in [0.2, 0.25) is 0 Å². The minimum atomic E-state index is -2.37. The smallest absolute Gasteiger partial charge is 0.251 e. The molecule has 0 bridgehead atoms. The first-order valence-electron chi connectivity index (χ1n) is 3.57. The monoisotopic (exact) mass is 199 g/mol. The van der Waals surface area contributed by atoms with Gasteiger partial charge in [0.1, 0.15) is 0 Å². The molecule has 0 aliphatic carbocycles. The van der Waals surface area contributed by atoms with Crippen molar-refractivity contribution in [3.63, 3.8) is 0 Å². The average Bonchev–Trinajstić information content (AvgIpc) is 2.00. The Morgan fingerprint density at radius 3 is 2.58 bits per heavy atom. The highest BCUT2D eigenvalue weighted by Crippen LogP contribution is 1.98. The molecule has 0 aliphatic rings. The molecule has 0 spiro atoms. The van der Waals surface area contributed by atoms with Crippen LogP contribution in [0.15, 0.2) is 11.6 Å².